The predicted octanol–water partition coefficient (Wildman–Crippen LogP) is 1.31. The summed E-state index contributed by atoms with van der Waals surface area (Å²) >= 11 is 0. The first-order chi connectivity index (χ1) is 6.63. The first-order valence-corrected chi connectivity index (χ1v) is 4.55. The summed E-state index contributed by atoms with van der Waals surface area (Å²) in [6.45, 7) is 2.55. The number of likely N-dealkylation sites (N-methyl/N-ethyl adjacent to an activating group) is 1. The van der Waals surface area contributed by atoms with Crippen LogP contribution in [0.1, 0.15) is 12.5 Å². The fourth-order valence-electron chi connectivity index (χ4n) is 1.77. The van der Waals surface area contributed by atoms with Gasteiger partial charge in [-0.15, -0.1) is 12.4 Å². The van der Waals surface area contributed by atoms with Gasteiger partial charge >= 0.3 is 0 Å². The van der Waals surface area contributed by atoms with Gasteiger partial charge in [-0.05, 0) is 24.6 Å². The molecule has 1 aromatic carbocycles. The van der Waals surface area contributed by atoms with Crippen molar-refractivity contribution in [3.8, 4) is 5.75 Å². The molecule has 0 spiro atoms. The van der Waals surface area contributed by atoms with Gasteiger partial charge in [0.2, 0.25) is 5.91 Å². The van der Waals surface area contributed by atoms with Crippen molar-refractivity contribution < 1.29 is 9.90 Å². The van der Waals surface area contributed by atoms with Gasteiger partial charge in [-0.25, -0.2) is 0 Å². The van der Waals surface area contributed by atoms with E-state index in [1.54, 1.807) is 17.0 Å². The monoisotopic (exact) mass is 228 g/mol. The quantitative estimate of drug-likeness (QED) is 0.563. The zero-order valence-corrected chi connectivity index (χ0v) is 9.17. The standard InChI is InChI=1S/C10H12N2O2.ClH/c1-2-12-8-5-7(11)9(13)3-6(8)4-10(12)14;/h3,5,13H,2,4,11H2,1H3;1H. The van der Waals surface area contributed by atoms with E-state index in [0.29, 0.717) is 18.7 Å². The van der Waals surface area contributed by atoms with Crippen molar-refractivity contribution in [2.24, 2.45) is 0 Å². The lowest BCUT2D eigenvalue weighted by atomic mass is 10.1. The molecule has 15 heavy (non-hydrogen) atoms. The van der Waals surface area contributed by atoms with E-state index in [1.165, 1.54) is 0 Å². The highest BCUT2D eigenvalue weighted by atomic mass is 35.5. The summed E-state index contributed by atoms with van der Waals surface area (Å²) in [6.07, 6.45) is 0.358. The van der Waals surface area contributed by atoms with Crippen molar-refractivity contribution in [1.29, 1.82) is 0 Å². The Morgan fingerprint density at radius 1 is 1.53 bits per heavy atom. The van der Waals surface area contributed by atoms with Gasteiger partial charge in [-0.3, -0.25) is 4.79 Å². The van der Waals surface area contributed by atoms with E-state index in [4.69, 9.17) is 5.73 Å². The van der Waals surface area contributed by atoms with Crippen LogP contribution in [0.15, 0.2) is 12.1 Å². The molecule has 0 aliphatic carbocycles. The molecule has 2 rings (SSSR count). The number of nitrogens with zero attached hydrogens (tertiary/aromatic N) is 1. The molecule has 82 valence electrons. The highest BCUT2D eigenvalue weighted by Gasteiger charge is 2.26. The van der Waals surface area contributed by atoms with Gasteiger partial charge in [-0.1, -0.05) is 0 Å². The lowest BCUT2D eigenvalue weighted by Crippen LogP contribution is -2.25. The highest BCUT2D eigenvalue weighted by Crippen LogP contribution is 2.35. The van der Waals surface area contributed by atoms with Gasteiger partial charge in [0, 0.05) is 12.2 Å². The molecule has 1 aliphatic rings. The minimum atomic E-state index is 0. The van der Waals surface area contributed by atoms with E-state index in [-0.39, 0.29) is 24.1 Å². The van der Waals surface area contributed by atoms with E-state index in [1.807, 2.05) is 6.92 Å². The maximum Gasteiger partial charge on any atom is 0.231 e. The predicted molar refractivity (Wildman–Crippen MR) is 61.5 cm³/mol. The number of aromatic hydroxyl groups is 1. The molecule has 1 amide bonds. The minimum absolute atomic E-state index is 0. The van der Waals surface area contributed by atoms with E-state index in [0.717, 1.165) is 11.3 Å². The number of fused-ring (bicyclic) bond motifs is 1. The molecular formula is C10H13ClN2O2. The first-order valence-electron chi connectivity index (χ1n) is 4.55. The van der Waals surface area contributed by atoms with Crippen molar-refractivity contribution in [1.82, 2.24) is 0 Å². The lowest BCUT2D eigenvalue weighted by molar-refractivity contribution is -0.117. The average molecular weight is 229 g/mol. The van der Waals surface area contributed by atoms with Crippen LogP contribution in [0, 0.1) is 0 Å². The summed E-state index contributed by atoms with van der Waals surface area (Å²) < 4.78 is 0. The van der Waals surface area contributed by atoms with Crippen LogP contribution in [0.25, 0.3) is 0 Å². The Morgan fingerprint density at radius 3 is 2.80 bits per heavy atom. The van der Waals surface area contributed by atoms with Crippen molar-refractivity contribution in [2.75, 3.05) is 17.2 Å². The van der Waals surface area contributed by atoms with Crippen LogP contribution < -0.4 is 10.6 Å². The number of carbonyl (C=O) groups excluding carboxylic acids is 1. The zero-order valence-electron chi connectivity index (χ0n) is 8.36. The third kappa shape index (κ3) is 1.72. The molecule has 0 aromatic heterocycles. The molecule has 0 saturated carbocycles. The van der Waals surface area contributed by atoms with Crippen LogP contribution in [-0.4, -0.2) is 17.6 Å². The van der Waals surface area contributed by atoms with Gasteiger partial charge in [0.15, 0.2) is 0 Å². The number of halogens is 1. The van der Waals surface area contributed by atoms with Gasteiger partial charge in [0.05, 0.1) is 12.1 Å². The largest absolute Gasteiger partial charge is 0.506 e. The number of benzene rings is 1. The number of hydrogen-bond donors (Lipinski definition) is 2. The van der Waals surface area contributed by atoms with E-state index in [9.17, 15) is 9.90 Å². The van der Waals surface area contributed by atoms with Crippen molar-refractivity contribution in [3.63, 3.8) is 0 Å². The number of phenols is 1. The van der Waals surface area contributed by atoms with Crippen LogP contribution >= 0.6 is 12.4 Å². The Morgan fingerprint density at radius 2 is 2.20 bits per heavy atom. The number of carbonyl (C=O) groups is 1. The van der Waals surface area contributed by atoms with Crippen molar-refractivity contribution in [3.05, 3.63) is 17.7 Å². The average Bonchev–Trinajstić information content (AvgIpc) is 2.42. The number of amides is 1. The molecule has 1 aromatic rings. The number of rotatable bonds is 1. The summed E-state index contributed by atoms with van der Waals surface area (Å²) in [6, 6.07) is 3.22. The summed E-state index contributed by atoms with van der Waals surface area (Å²) in [5, 5.41) is 9.37. The molecule has 1 heterocycles. The third-order valence-corrected chi connectivity index (χ3v) is 2.48. The van der Waals surface area contributed by atoms with E-state index in [2.05, 4.69) is 0 Å². The maximum atomic E-state index is 11.5. The molecule has 0 radical (unpaired) electrons. The Bertz CT molecular complexity index is 407. The minimum Gasteiger partial charge on any atom is -0.506 e. The van der Waals surface area contributed by atoms with Crippen LogP contribution in [-0.2, 0) is 11.2 Å². The Balaban J connectivity index is 0.00000112. The maximum absolute atomic E-state index is 11.5. The second-order valence-corrected chi connectivity index (χ2v) is 3.35. The second-order valence-electron chi connectivity index (χ2n) is 3.35. The Hall–Kier alpha value is -1.42. The summed E-state index contributed by atoms with van der Waals surface area (Å²) in [5.74, 6) is 0.113. The van der Waals surface area contributed by atoms with Gasteiger partial charge in [-0.2, -0.15) is 0 Å². The molecule has 0 atom stereocenters. The fraction of sp³-hybridized carbons (Fsp3) is 0.300. The summed E-state index contributed by atoms with van der Waals surface area (Å²) in [5.41, 5.74) is 7.56. The number of hydrogen-bond acceptors (Lipinski definition) is 3. The van der Waals surface area contributed by atoms with Gasteiger partial charge in [0.1, 0.15) is 5.75 Å². The molecule has 1 aliphatic heterocycles. The highest BCUT2D eigenvalue weighted by molar-refractivity contribution is 6.02. The number of phenolic OH excluding ortho intramolecular Hbond substituents is 1. The van der Waals surface area contributed by atoms with E-state index >= 15 is 0 Å². The normalized spacial score (nSPS) is 13.7. The van der Waals surface area contributed by atoms with E-state index < -0.39 is 0 Å². The molecule has 4 nitrogen and oxygen atoms in total. The Labute approximate surface area is 94.1 Å². The summed E-state index contributed by atoms with van der Waals surface area (Å²) in [7, 11) is 0. The van der Waals surface area contributed by atoms with Crippen molar-refractivity contribution >= 4 is 29.7 Å². The van der Waals surface area contributed by atoms with Crippen LogP contribution in [0.4, 0.5) is 11.4 Å². The molecule has 0 saturated heterocycles. The Kier molecular flexibility index (Phi) is 3.09. The third-order valence-electron chi connectivity index (χ3n) is 2.48. The molecule has 0 fully saturated rings. The molecule has 5 heteroatoms. The van der Waals surface area contributed by atoms with Crippen LogP contribution in [0.3, 0.4) is 0 Å². The summed E-state index contributed by atoms with van der Waals surface area (Å²) in [4.78, 5) is 13.2. The fourth-order valence-corrected chi connectivity index (χ4v) is 1.77. The molecule has 0 unspecified atom stereocenters. The first kappa shape index (κ1) is 11.7. The van der Waals surface area contributed by atoms with Crippen LogP contribution in [0.5, 0.6) is 5.75 Å². The lowest BCUT2D eigenvalue weighted by Gasteiger charge is -2.15. The number of nitrogens with two attached hydrogens (primary N) is 1. The molecule has 3 N–H and O–H groups in total. The van der Waals surface area contributed by atoms with Crippen molar-refractivity contribution in [2.45, 2.75) is 13.3 Å². The smallest absolute Gasteiger partial charge is 0.231 e. The number of nitrogen functional groups attached to an aromatic ring is 1. The topological polar surface area (TPSA) is 66.6 Å². The number of anilines is 2. The SMILES string of the molecule is CCN1C(=O)Cc2cc(O)c(N)cc21.Cl. The van der Waals surface area contributed by atoms with Gasteiger partial charge in [0.25, 0.3) is 0 Å². The van der Waals surface area contributed by atoms with Gasteiger partial charge < -0.3 is 15.7 Å². The van der Waals surface area contributed by atoms with Crippen LogP contribution in [0.2, 0.25) is 0 Å². The second kappa shape index (κ2) is 3.98. The zero-order chi connectivity index (χ0) is 10.3. The molecule has 0 bridgehead atoms. The molecular weight excluding hydrogens is 216 g/mol.